The van der Waals surface area contributed by atoms with Gasteiger partial charge in [-0.05, 0) is 57.2 Å². The number of aryl methyl sites for hydroxylation is 1. The van der Waals surface area contributed by atoms with E-state index >= 15 is 0 Å². The van der Waals surface area contributed by atoms with Crippen LogP contribution in [0.3, 0.4) is 0 Å². The molecule has 2 aliphatic rings. The van der Waals surface area contributed by atoms with Crippen LogP contribution in [0, 0.1) is 12.8 Å². The highest BCUT2D eigenvalue weighted by atomic mass is 15.0. The number of hydrogen-bond donors (Lipinski definition) is 2. The van der Waals surface area contributed by atoms with Crippen LogP contribution in [0.4, 0.5) is 0 Å². The Morgan fingerprint density at radius 2 is 2.15 bits per heavy atom. The topological polar surface area (TPSA) is 37.0 Å². The molecular weight excluding hydrogens is 246 g/mol. The van der Waals surface area contributed by atoms with Gasteiger partial charge in [-0.3, -0.25) is 4.98 Å². The zero-order valence-electron chi connectivity index (χ0n) is 12.6. The highest BCUT2D eigenvalue weighted by Gasteiger charge is 2.33. The van der Waals surface area contributed by atoms with E-state index in [1.54, 1.807) is 0 Å². The van der Waals surface area contributed by atoms with Crippen LogP contribution in [0.5, 0.6) is 0 Å². The van der Waals surface area contributed by atoms with Crippen molar-refractivity contribution in [2.75, 3.05) is 6.54 Å². The second-order valence-corrected chi connectivity index (χ2v) is 6.41. The Labute approximate surface area is 122 Å². The quantitative estimate of drug-likeness (QED) is 0.886. The first-order chi connectivity index (χ1) is 9.83. The predicted molar refractivity (Wildman–Crippen MR) is 82.6 cm³/mol. The van der Waals surface area contributed by atoms with Crippen molar-refractivity contribution >= 4 is 0 Å². The molecule has 1 aromatic heterocycles. The molecule has 3 heteroatoms. The lowest BCUT2D eigenvalue weighted by molar-refractivity contribution is 0.256. The highest BCUT2D eigenvalue weighted by Crippen LogP contribution is 2.31. The Kier molecular flexibility index (Phi) is 4.69. The van der Waals surface area contributed by atoms with Crippen LogP contribution in [-0.2, 0) is 6.54 Å². The molecule has 0 bridgehead atoms. The summed E-state index contributed by atoms with van der Waals surface area (Å²) >= 11 is 0. The molecule has 1 saturated carbocycles. The Morgan fingerprint density at radius 3 is 2.95 bits per heavy atom. The highest BCUT2D eigenvalue weighted by molar-refractivity contribution is 5.10. The van der Waals surface area contributed by atoms with Crippen LogP contribution < -0.4 is 10.6 Å². The van der Waals surface area contributed by atoms with Gasteiger partial charge in [0.2, 0.25) is 0 Å². The monoisotopic (exact) mass is 273 g/mol. The largest absolute Gasteiger partial charge is 0.314 e. The average molecular weight is 273 g/mol. The molecule has 3 nitrogen and oxygen atoms in total. The van der Waals surface area contributed by atoms with E-state index in [0.29, 0.717) is 6.04 Å². The molecular formula is C17H27N3. The smallest absolute Gasteiger partial charge is 0.0544 e. The maximum atomic E-state index is 4.59. The molecule has 2 heterocycles. The third-order valence-electron chi connectivity index (χ3n) is 4.93. The summed E-state index contributed by atoms with van der Waals surface area (Å²) in [7, 11) is 0. The Morgan fingerprint density at radius 1 is 1.20 bits per heavy atom. The second kappa shape index (κ2) is 6.68. The SMILES string of the molecule is Cc1cccc(CNC2CCCC2C2CCCCN2)n1. The fourth-order valence-electron chi connectivity index (χ4n) is 3.90. The molecule has 110 valence electrons. The summed E-state index contributed by atoms with van der Waals surface area (Å²) in [5.41, 5.74) is 2.29. The maximum absolute atomic E-state index is 4.59. The molecule has 1 aliphatic heterocycles. The summed E-state index contributed by atoms with van der Waals surface area (Å²) in [6, 6.07) is 7.72. The molecule has 1 aliphatic carbocycles. The van der Waals surface area contributed by atoms with Crippen LogP contribution in [0.25, 0.3) is 0 Å². The summed E-state index contributed by atoms with van der Waals surface area (Å²) in [4.78, 5) is 4.59. The Balaban J connectivity index is 1.55. The first-order valence-corrected chi connectivity index (χ1v) is 8.22. The van der Waals surface area contributed by atoms with Gasteiger partial charge in [0, 0.05) is 24.3 Å². The molecule has 0 radical (unpaired) electrons. The van der Waals surface area contributed by atoms with Gasteiger partial charge >= 0.3 is 0 Å². The molecule has 2 N–H and O–H groups in total. The minimum atomic E-state index is 0.674. The van der Waals surface area contributed by atoms with Crippen LogP contribution >= 0.6 is 0 Å². The van der Waals surface area contributed by atoms with E-state index in [-0.39, 0.29) is 0 Å². The van der Waals surface area contributed by atoms with Crippen molar-refractivity contribution in [1.29, 1.82) is 0 Å². The first kappa shape index (κ1) is 14.0. The minimum absolute atomic E-state index is 0.674. The van der Waals surface area contributed by atoms with Crippen molar-refractivity contribution in [3.05, 3.63) is 29.6 Å². The van der Waals surface area contributed by atoms with Gasteiger partial charge < -0.3 is 10.6 Å². The maximum Gasteiger partial charge on any atom is 0.0544 e. The van der Waals surface area contributed by atoms with Crippen LogP contribution in [0.1, 0.15) is 49.9 Å². The molecule has 0 spiro atoms. The van der Waals surface area contributed by atoms with E-state index in [0.717, 1.165) is 24.2 Å². The number of nitrogens with one attached hydrogen (secondary N) is 2. The summed E-state index contributed by atoms with van der Waals surface area (Å²) in [5, 5.41) is 7.51. The lowest BCUT2D eigenvalue weighted by Crippen LogP contribution is -2.46. The zero-order chi connectivity index (χ0) is 13.8. The molecule has 1 aromatic rings. The van der Waals surface area contributed by atoms with E-state index in [1.165, 1.54) is 50.8 Å². The Bertz CT molecular complexity index is 426. The fourth-order valence-corrected chi connectivity index (χ4v) is 3.90. The predicted octanol–water partition coefficient (Wildman–Crippen LogP) is 2.79. The zero-order valence-corrected chi connectivity index (χ0v) is 12.6. The molecule has 0 aromatic carbocycles. The fraction of sp³-hybridized carbons (Fsp3) is 0.706. The third-order valence-corrected chi connectivity index (χ3v) is 4.93. The van der Waals surface area contributed by atoms with E-state index in [1.807, 2.05) is 0 Å². The summed E-state index contributed by atoms with van der Waals surface area (Å²) in [5.74, 6) is 0.820. The minimum Gasteiger partial charge on any atom is -0.314 e. The lowest BCUT2D eigenvalue weighted by Gasteiger charge is -2.33. The van der Waals surface area contributed by atoms with Gasteiger partial charge in [-0.1, -0.05) is 18.9 Å². The summed E-state index contributed by atoms with van der Waals surface area (Å²) < 4.78 is 0. The molecule has 2 fully saturated rings. The van der Waals surface area contributed by atoms with E-state index < -0.39 is 0 Å². The van der Waals surface area contributed by atoms with E-state index in [4.69, 9.17) is 0 Å². The normalized spacial score (nSPS) is 30.6. The lowest BCUT2D eigenvalue weighted by atomic mass is 9.88. The van der Waals surface area contributed by atoms with Crippen molar-refractivity contribution < 1.29 is 0 Å². The molecule has 1 saturated heterocycles. The van der Waals surface area contributed by atoms with Crippen LogP contribution in [0.15, 0.2) is 18.2 Å². The number of hydrogen-bond acceptors (Lipinski definition) is 3. The summed E-state index contributed by atoms with van der Waals surface area (Å²) in [6.07, 6.45) is 8.22. The average Bonchev–Trinajstić information content (AvgIpc) is 2.95. The number of pyridine rings is 1. The molecule has 3 unspecified atom stereocenters. The second-order valence-electron chi connectivity index (χ2n) is 6.41. The molecule has 0 amide bonds. The van der Waals surface area contributed by atoms with Crippen molar-refractivity contribution in [3.8, 4) is 0 Å². The Hall–Kier alpha value is -0.930. The van der Waals surface area contributed by atoms with Gasteiger partial charge in [0.25, 0.3) is 0 Å². The van der Waals surface area contributed by atoms with Crippen molar-refractivity contribution in [2.45, 2.75) is 64.1 Å². The molecule has 3 atom stereocenters. The van der Waals surface area contributed by atoms with Crippen molar-refractivity contribution in [1.82, 2.24) is 15.6 Å². The standard InChI is InChI=1S/C17H27N3/c1-13-6-4-7-14(20-13)12-19-17-10-5-8-15(17)16-9-2-3-11-18-16/h4,6-7,15-19H,2-3,5,8-12H2,1H3. The van der Waals surface area contributed by atoms with Crippen LogP contribution in [0.2, 0.25) is 0 Å². The van der Waals surface area contributed by atoms with E-state index in [2.05, 4.69) is 40.7 Å². The third kappa shape index (κ3) is 3.39. The number of rotatable bonds is 4. The van der Waals surface area contributed by atoms with Gasteiger partial charge in [-0.25, -0.2) is 0 Å². The number of nitrogens with zero attached hydrogens (tertiary/aromatic N) is 1. The van der Waals surface area contributed by atoms with Gasteiger partial charge in [-0.15, -0.1) is 0 Å². The first-order valence-electron chi connectivity index (χ1n) is 8.22. The number of piperidine rings is 1. The van der Waals surface area contributed by atoms with Gasteiger partial charge in [-0.2, -0.15) is 0 Å². The van der Waals surface area contributed by atoms with Crippen molar-refractivity contribution in [2.24, 2.45) is 5.92 Å². The van der Waals surface area contributed by atoms with Crippen molar-refractivity contribution in [3.63, 3.8) is 0 Å². The molecule has 3 rings (SSSR count). The summed E-state index contributed by atoms with van der Waals surface area (Å²) in [6.45, 7) is 4.19. The van der Waals surface area contributed by atoms with Crippen LogP contribution in [-0.4, -0.2) is 23.6 Å². The van der Waals surface area contributed by atoms with Gasteiger partial charge in [0.15, 0.2) is 0 Å². The molecule has 20 heavy (non-hydrogen) atoms. The van der Waals surface area contributed by atoms with E-state index in [9.17, 15) is 0 Å². The van der Waals surface area contributed by atoms with Gasteiger partial charge in [0.1, 0.15) is 0 Å². The number of aromatic nitrogens is 1. The van der Waals surface area contributed by atoms with Gasteiger partial charge in [0.05, 0.1) is 5.69 Å².